The van der Waals surface area contributed by atoms with Crippen LogP contribution in [-0.2, 0) is 11.8 Å². The first-order valence-electron chi connectivity index (χ1n) is 11.7. The summed E-state index contributed by atoms with van der Waals surface area (Å²) in [6.07, 6.45) is 2.80. The smallest absolute Gasteiger partial charge is 0.319 e. The van der Waals surface area contributed by atoms with Crippen molar-refractivity contribution in [1.29, 1.82) is 0 Å². The third kappa shape index (κ3) is 5.19. The van der Waals surface area contributed by atoms with E-state index in [0.29, 0.717) is 5.71 Å². The van der Waals surface area contributed by atoms with Gasteiger partial charge in [-0.05, 0) is 24.1 Å². The average Bonchev–Trinajstić information content (AvgIpc) is 3.14. The van der Waals surface area contributed by atoms with Crippen LogP contribution < -0.4 is 25.7 Å². The molecular weight excluding hydrogens is 550 g/mol. The molecule has 39 heavy (non-hydrogen) atoms. The van der Waals surface area contributed by atoms with Crippen molar-refractivity contribution in [3.63, 3.8) is 0 Å². The zero-order valence-corrected chi connectivity index (χ0v) is 23.2. The molecular formula is C26H25Cl2FN6O4. The monoisotopic (exact) mass is 574 g/mol. The summed E-state index contributed by atoms with van der Waals surface area (Å²) >= 11 is 12.3. The van der Waals surface area contributed by atoms with Crippen molar-refractivity contribution in [2.45, 2.75) is 19.9 Å². The lowest BCUT2D eigenvalue weighted by Gasteiger charge is -2.29. The Morgan fingerprint density at radius 2 is 1.87 bits per heavy atom. The van der Waals surface area contributed by atoms with Gasteiger partial charge >= 0.3 is 6.01 Å². The minimum absolute atomic E-state index is 0.0523. The van der Waals surface area contributed by atoms with Crippen molar-refractivity contribution in [2.75, 3.05) is 19.1 Å². The summed E-state index contributed by atoms with van der Waals surface area (Å²) in [5.41, 5.74) is 6.41. The van der Waals surface area contributed by atoms with Gasteiger partial charge in [0, 0.05) is 29.4 Å². The van der Waals surface area contributed by atoms with Gasteiger partial charge in [0.2, 0.25) is 5.88 Å². The summed E-state index contributed by atoms with van der Waals surface area (Å²) in [6.45, 7) is 3.66. The molecule has 0 spiro atoms. The Morgan fingerprint density at radius 3 is 2.49 bits per heavy atom. The molecule has 0 saturated heterocycles. The number of aryl methyl sites for hydroxylation is 1. The normalized spacial score (nSPS) is 15.9. The highest BCUT2D eigenvalue weighted by molar-refractivity contribution is 6.31. The Hall–Kier alpha value is -3.96. The number of hydrogen-bond donors (Lipinski definition) is 1. The number of pyridine rings is 1. The Morgan fingerprint density at radius 1 is 1.15 bits per heavy atom. The zero-order valence-electron chi connectivity index (χ0n) is 21.7. The maximum absolute atomic E-state index is 15.5. The highest BCUT2D eigenvalue weighted by Gasteiger charge is 2.45. The van der Waals surface area contributed by atoms with E-state index in [9.17, 15) is 9.59 Å². The topological polar surface area (TPSA) is 125 Å². The summed E-state index contributed by atoms with van der Waals surface area (Å²) in [6, 6.07) is 4.27. The van der Waals surface area contributed by atoms with Gasteiger partial charge in [-0.15, -0.1) is 0 Å². The molecule has 204 valence electrons. The fourth-order valence-corrected chi connectivity index (χ4v) is 4.72. The minimum Gasteiger partial charge on any atom is -0.479 e. The molecule has 0 saturated carbocycles. The Labute approximate surface area is 233 Å². The first-order valence-corrected chi connectivity index (χ1v) is 12.4. The van der Waals surface area contributed by atoms with Crippen LogP contribution in [0.3, 0.4) is 0 Å². The van der Waals surface area contributed by atoms with Crippen molar-refractivity contribution in [2.24, 2.45) is 23.7 Å². The number of ether oxygens (including phenoxy) is 2. The third-order valence-electron chi connectivity index (χ3n) is 6.07. The highest BCUT2D eigenvalue weighted by atomic mass is 35.5. The first kappa shape index (κ1) is 28.1. The summed E-state index contributed by atoms with van der Waals surface area (Å²) in [5, 5.41) is 0.349. The van der Waals surface area contributed by atoms with E-state index in [1.807, 2.05) is 13.8 Å². The molecule has 0 bridgehead atoms. The van der Waals surface area contributed by atoms with E-state index in [1.165, 1.54) is 56.4 Å². The van der Waals surface area contributed by atoms with Gasteiger partial charge < -0.3 is 19.8 Å². The van der Waals surface area contributed by atoms with E-state index in [0.717, 1.165) is 11.0 Å². The van der Waals surface area contributed by atoms with E-state index >= 15 is 4.39 Å². The number of benzene rings is 1. The second kappa shape index (κ2) is 11.0. The number of aliphatic imine (C=N–C) groups is 1. The number of nitrogens with zero attached hydrogens (tertiary/aromatic N) is 5. The molecule has 1 amide bonds. The molecule has 2 aromatic heterocycles. The molecule has 0 aliphatic carbocycles. The standard InChI is InChI=1S/C26H25Cl2FN6O4/c1-12(2)21(32-17-10-31-26(39-5)33-23(17)38-4)19-20(30)25(37)35(18-9-14(28)11-34(3)24(18)36)22(19)15-7-6-13(27)8-16(15)29/h6-12,22H,30H2,1-5H3. The predicted molar refractivity (Wildman–Crippen MR) is 147 cm³/mol. The number of carbonyl (C=O) groups is 1. The van der Waals surface area contributed by atoms with Crippen LogP contribution in [0.25, 0.3) is 0 Å². The third-order valence-corrected chi connectivity index (χ3v) is 6.51. The van der Waals surface area contributed by atoms with Gasteiger partial charge in [0.25, 0.3) is 11.5 Å². The number of aromatic nitrogens is 3. The van der Waals surface area contributed by atoms with Gasteiger partial charge in [0.1, 0.15) is 22.9 Å². The minimum atomic E-state index is -1.17. The van der Waals surface area contributed by atoms with Crippen LogP contribution in [0.1, 0.15) is 25.5 Å². The number of anilines is 1. The number of nitrogens with two attached hydrogens (primary N) is 1. The van der Waals surface area contributed by atoms with Crippen LogP contribution in [0.15, 0.2) is 57.7 Å². The Kier molecular flexibility index (Phi) is 7.94. The maximum Gasteiger partial charge on any atom is 0.319 e. The number of amides is 1. The molecule has 3 heterocycles. The SMILES string of the molecule is COc1ncc(N=C(C2=C(N)C(=O)N(c3cc(Cl)cn(C)c3=O)C2c2ccc(Cl)cc2F)C(C)C)c(OC)n1. The lowest BCUT2D eigenvalue weighted by atomic mass is 9.89. The molecule has 10 nitrogen and oxygen atoms in total. The van der Waals surface area contributed by atoms with Crippen LogP contribution in [0.4, 0.5) is 15.8 Å². The molecule has 1 unspecified atom stereocenters. The van der Waals surface area contributed by atoms with Gasteiger partial charge in [0.05, 0.1) is 37.2 Å². The lowest BCUT2D eigenvalue weighted by Crippen LogP contribution is -2.37. The first-order chi connectivity index (χ1) is 18.5. The molecule has 13 heteroatoms. The van der Waals surface area contributed by atoms with Crippen molar-refractivity contribution in [3.05, 3.63) is 79.7 Å². The van der Waals surface area contributed by atoms with Crippen molar-refractivity contribution >= 4 is 46.2 Å². The van der Waals surface area contributed by atoms with Crippen LogP contribution in [0.2, 0.25) is 10.0 Å². The summed E-state index contributed by atoms with van der Waals surface area (Å²) < 4.78 is 27.1. The molecule has 2 N–H and O–H groups in total. The van der Waals surface area contributed by atoms with Gasteiger partial charge in [0.15, 0.2) is 0 Å². The van der Waals surface area contributed by atoms with E-state index in [-0.39, 0.29) is 56.1 Å². The Bertz CT molecular complexity index is 1590. The summed E-state index contributed by atoms with van der Waals surface area (Å²) in [5.74, 6) is -1.64. The molecule has 1 aliphatic rings. The van der Waals surface area contributed by atoms with Gasteiger partial charge in [-0.25, -0.2) is 14.4 Å². The molecule has 0 fully saturated rings. The van der Waals surface area contributed by atoms with E-state index in [2.05, 4.69) is 9.97 Å². The highest BCUT2D eigenvalue weighted by Crippen LogP contribution is 2.43. The van der Waals surface area contributed by atoms with E-state index in [1.54, 1.807) is 0 Å². The van der Waals surface area contributed by atoms with Crippen LogP contribution in [-0.4, -0.2) is 40.4 Å². The fourth-order valence-electron chi connectivity index (χ4n) is 4.31. The van der Waals surface area contributed by atoms with E-state index < -0.39 is 23.3 Å². The summed E-state index contributed by atoms with van der Waals surface area (Å²) in [7, 11) is 4.31. The zero-order chi connectivity index (χ0) is 28.6. The quantitative estimate of drug-likeness (QED) is 0.415. The van der Waals surface area contributed by atoms with E-state index in [4.69, 9.17) is 43.4 Å². The van der Waals surface area contributed by atoms with Gasteiger partial charge in [-0.3, -0.25) is 14.5 Å². The Balaban J connectivity index is 2.02. The van der Waals surface area contributed by atoms with Crippen LogP contribution in [0, 0.1) is 11.7 Å². The largest absolute Gasteiger partial charge is 0.479 e. The number of halogens is 3. The van der Waals surface area contributed by atoms with Crippen LogP contribution >= 0.6 is 23.2 Å². The van der Waals surface area contributed by atoms with Gasteiger partial charge in [-0.1, -0.05) is 43.1 Å². The second-order valence-electron chi connectivity index (χ2n) is 8.93. The van der Waals surface area contributed by atoms with Gasteiger partial charge in [-0.2, -0.15) is 4.98 Å². The second-order valence-corrected chi connectivity index (χ2v) is 9.81. The molecule has 1 atom stereocenters. The number of rotatable bonds is 7. The number of methoxy groups -OCH3 is 2. The van der Waals surface area contributed by atoms with Crippen molar-refractivity contribution < 1.29 is 18.7 Å². The molecule has 0 radical (unpaired) electrons. The van der Waals surface area contributed by atoms with Crippen molar-refractivity contribution in [3.8, 4) is 11.9 Å². The van der Waals surface area contributed by atoms with Crippen molar-refractivity contribution in [1.82, 2.24) is 14.5 Å². The van der Waals surface area contributed by atoms with Crippen LogP contribution in [0.5, 0.6) is 11.9 Å². The average molecular weight is 575 g/mol. The fraction of sp³-hybridized carbons (Fsp3) is 0.269. The molecule has 4 rings (SSSR count). The molecule has 1 aromatic carbocycles. The number of hydrogen-bond acceptors (Lipinski definition) is 8. The maximum atomic E-state index is 15.5. The summed E-state index contributed by atoms with van der Waals surface area (Å²) in [4.78, 5) is 41.0. The molecule has 1 aliphatic heterocycles. The predicted octanol–water partition coefficient (Wildman–Crippen LogP) is 4.37. The lowest BCUT2D eigenvalue weighted by molar-refractivity contribution is -0.114. The molecule has 3 aromatic rings. The number of carbonyl (C=O) groups excluding carboxylic acids is 1.